The maximum absolute atomic E-state index is 13.3. The van der Waals surface area contributed by atoms with Gasteiger partial charge < -0.3 is 16.4 Å². The van der Waals surface area contributed by atoms with Gasteiger partial charge in [-0.1, -0.05) is 53.5 Å². The van der Waals surface area contributed by atoms with Gasteiger partial charge in [0.15, 0.2) is 0 Å². The predicted octanol–water partition coefficient (Wildman–Crippen LogP) is 4.27. The summed E-state index contributed by atoms with van der Waals surface area (Å²) >= 11 is 12.5. The number of aromatic nitrogens is 2. The zero-order valence-corrected chi connectivity index (χ0v) is 19.3. The van der Waals surface area contributed by atoms with Gasteiger partial charge in [-0.25, -0.2) is 4.57 Å². The summed E-state index contributed by atoms with van der Waals surface area (Å²) in [7, 11) is 0. The predicted molar refractivity (Wildman–Crippen MR) is 130 cm³/mol. The smallest absolute Gasteiger partial charge is 0.264 e. The lowest BCUT2D eigenvalue weighted by molar-refractivity contribution is 0.187. The normalized spacial score (nSPS) is 19.4. The quantitative estimate of drug-likeness (QED) is 0.584. The summed E-state index contributed by atoms with van der Waals surface area (Å²) in [5.74, 6) is 0.714. The SMILES string of the molecule is Cc1c(N2CCC3(CC2)Cc2ccccc2[C@H]3N)nc(N)n(-c2cccc(Cl)c2Cl)c1=O. The van der Waals surface area contributed by atoms with Crippen LogP contribution >= 0.6 is 23.2 Å². The molecule has 2 aromatic carbocycles. The highest BCUT2D eigenvalue weighted by molar-refractivity contribution is 6.43. The molecule has 1 aromatic heterocycles. The Morgan fingerprint density at radius 3 is 2.53 bits per heavy atom. The molecule has 166 valence electrons. The standard InChI is InChI=1S/C24H25Cl2N5O/c1-14-21(29-23(28)31(22(14)32)18-8-4-7-17(25)19(18)26)30-11-9-24(10-12-30)13-15-5-2-3-6-16(15)20(24)27/h2-8,20H,9-13,27H2,1H3,(H2,28,29)/t20-/m1/s1. The topological polar surface area (TPSA) is 90.2 Å². The average Bonchev–Trinajstić information content (AvgIpc) is 3.06. The van der Waals surface area contributed by atoms with Crippen LogP contribution in [0.3, 0.4) is 0 Å². The molecule has 2 heterocycles. The Hall–Kier alpha value is -2.54. The van der Waals surface area contributed by atoms with Gasteiger partial charge >= 0.3 is 0 Å². The van der Waals surface area contributed by atoms with Crippen molar-refractivity contribution in [3.05, 3.63) is 79.6 Å². The summed E-state index contributed by atoms with van der Waals surface area (Å²) in [6, 6.07) is 13.6. The fourth-order valence-electron chi connectivity index (χ4n) is 5.28. The molecule has 0 amide bonds. The number of hydrogen-bond acceptors (Lipinski definition) is 5. The van der Waals surface area contributed by atoms with Crippen LogP contribution in [-0.2, 0) is 6.42 Å². The zero-order chi connectivity index (χ0) is 22.6. The lowest BCUT2D eigenvalue weighted by atomic mass is 9.73. The van der Waals surface area contributed by atoms with Crippen LogP contribution in [0.5, 0.6) is 0 Å². The highest BCUT2D eigenvalue weighted by atomic mass is 35.5. The van der Waals surface area contributed by atoms with E-state index in [9.17, 15) is 4.79 Å². The van der Waals surface area contributed by atoms with Crippen molar-refractivity contribution in [3.8, 4) is 5.69 Å². The molecule has 0 radical (unpaired) electrons. The van der Waals surface area contributed by atoms with E-state index in [-0.39, 0.29) is 28.0 Å². The summed E-state index contributed by atoms with van der Waals surface area (Å²) in [6.45, 7) is 3.33. The number of hydrogen-bond donors (Lipinski definition) is 2. The maximum atomic E-state index is 13.3. The van der Waals surface area contributed by atoms with E-state index in [0.29, 0.717) is 22.1 Å². The molecule has 2 aliphatic rings. The minimum Gasteiger partial charge on any atom is -0.369 e. The Bertz CT molecular complexity index is 1260. The fourth-order valence-corrected chi connectivity index (χ4v) is 5.66. The average molecular weight is 470 g/mol. The lowest BCUT2D eigenvalue weighted by Crippen LogP contribution is -2.45. The van der Waals surface area contributed by atoms with Gasteiger partial charge in [0, 0.05) is 19.1 Å². The van der Waals surface area contributed by atoms with Crippen LogP contribution in [0.25, 0.3) is 5.69 Å². The minimum atomic E-state index is -0.248. The third-order valence-electron chi connectivity index (χ3n) is 7.13. The van der Waals surface area contributed by atoms with E-state index in [1.54, 1.807) is 25.1 Å². The number of nitrogens with two attached hydrogens (primary N) is 2. The van der Waals surface area contributed by atoms with Gasteiger partial charge in [-0.2, -0.15) is 4.98 Å². The zero-order valence-electron chi connectivity index (χ0n) is 17.8. The Labute approximate surface area is 196 Å². The van der Waals surface area contributed by atoms with Crippen LogP contribution in [0.15, 0.2) is 47.3 Å². The summed E-state index contributed by atoms with van der Waals surface area (Å²) in [5, 5.41) is 0.624. The van der Waals surface area contributed by atoms with Crippen LogP contribution in [0, 0.1) is 12.3 Å². The van der Waals surface area contributed by atoms with Gasteiger partial charge in [-0.05, 0) is 54.9 Å². The van der Waals surface area contributed by atoms with E-state index >= 15 is 0 Å². The molecule has 4 N–H and O–H groups in total. The molecule has 1 saturated heterocycles. The molecule has 1 spiro atoms. The molecule has 0 bridgehead atoms. The number of nitrogens with zero attached hydrogens (tertiary/aromatic N) is 3. The maximum Gasteiger partial charge on any atom is 0.264 e. The summed E-state index contributed by atoms with van der Waals surface area (Å²) in [6.07, 6.45) is 2.88. The van der Waals surface area contributed by atoms with E-state index in [0.717, 1.165) is 32.4 Å². The van der Waals surface area contributed by atoms with Crippen molar-refractivity contribution >= 4 is 35.0 Å². The molecule has 32 heavy (non-hydrogen) atoms. The van der Waals surface area contributed by atoms with Crippen molar-refractivity contribution in [2.45, 2.75) is 32.2 Å². The van der Waals surface area contributed by atoms with Gasteiger partial charge in [-0.15, -0.1) is 0 Å². The Kier molecular flexibility index (Phi) is 5.19. The van der Waals surface area contributed by atoms with Gasteiger partial charge in [0.05, 0.1) is 21.3 Å². The third kappa shape index (κ3) is 3.20. The number of benzene rings is 2. The molecule has 1 aliphatic heterocycles. The second-order valence-corrected chi connectivity index (χ2v) is 9.62. The van der Waals surface area contributed by atoms with Crippen LogP contribution in [0.2, 0.25) is 10.0 Å². The highest BCUT2D eigenvalue weighted by Crippen LogP contribution is 2.51. The van der Waals surface area contributed by atoms with Crippen LogP contribution in [0.4, 0.5) is 11.8 Å². The van der Waals surface area contributed by atoms with Crippen LogP contribution in [0.1, 0.15) is 35.6 Å². The van der Waals surface area contributed by atoms with Crippen molar-refractivity contribution in [2.75, 3.05) is 23.7 Å². The van der Waals surface area contributed by atoms with Gasteiger partial charge in [0.1, 0.15) is 5.82 Å². The third-order valence-corrected chi connectivity index (χ3v) is 7.94. The first-order valence-electron chi connectivity index (χ1n) is 10.7. The molecule has 1 fully saturated rings. The summed E-state index contributed by atoms with van der Waals surface area (Å²) < 4.78 is 1.32. The first-order valence-corrected chi connectivity index (χ1v) is 11.5. The van der Waals surface area contributed by atoms with Gasteiger partial charge in [0.2, 0.25) is 5.95 Å². The van der Waals surface area contributed by atoms with Crippen molar-refractivity contribution < 1.29 is 0 Å². The van der Waals surface area contributed by atoms with Crippen LogP contribution in [-0.4, -0.2) is 22.6 Å². The molecule has 6 nitrogen and oxygen atoms in total. The van der Waals surface area contributed by atoms with E-state index < -0.39 is 0 Å². The number of fused-ring (bicyclic) bond motifs is 1. The molecule has 1 atom stereocenters. The van der Waals surface area contributed by atoms with Crippen molar-refractivity contribution in [1.29, 1.82) is 0 Å². The second-order valence-electron chi connectivity index (χ2n) is 8.83. The fraction of sp³-hybridized carbons (Fsp3) is 0.333. The van der Waals surface area contributed by atoms with Crippen LogP contribution < -0.4 is 21.9 Å². The Morgan fingerprint density at radius 1 is 1.09 bits per heavy atom. The molecule has 0 saturated carbocycles. The molecule has 5 rings (SSSR count). The molecule has 3 aromatic rings. The van der Waals surface area contributed by atoms with Crippen molar-refractivity contribution in [3.63, 3.8) is 0 Å². The molecule has 8 heteroatoms. The number of piperidine rings is 1. The van der Waals surface area contributed by atoms with E-state index in [2.05, 4.69) is 34.1 Å². The molecule has 0 unspecified atom stereocenters. The second kappa shape index (κ2) is 7.80. The first kappa shape index (κ1) is 21.3. The van der Waals surface area contributed by atoms with Gasteiger partial charge in [-0.3, -0.25) is 4.79 Å². The molecular weight excluding hydrogens is 445 g/mol. The first-order chi connectivity index (χ1) is 15.3. The number of nitrogen functional groups attached to an aromatic ring is 1. The largest absolute Gasteiger partial charge is 0.369 e. The number of anilines is 2. The number of halogens is 2. The Morgan fingerprint density at radius 2 is 1.81 bits per heavy atom. The van der Waals surface area contributed by atoms with Gasteiger partial charge in [0.25, 0.3) is 5.56 Å². The summed E-state index contributed by atoms with van der Waals surface area (Å²) in [5.41, 5.74) is 16.3. The molecular formula is C24H25Cl2N5O. The monoisotopic (exact) mass is 469 g/mol. The molecule has 1 aliphatic carbocycles. The lowest BCUT2D eigenvalue weighted by Gasteiger charge is -2.43. The highest BCUT2D eigenvalue weighted by Gasteiger charge is 2.46. The van der Waals surface area contributed by atoms with E-state index in [1.807, 2.05) is 0 Å². The van der Waals surface area contributed by atoms with E-state index in [1.165, 1.54) is 15.7 Å². The van der Waals surface area contributed by atoms with Crippen molar-refractivity contribution in [2.24, 2.45) is 11.1 Å². The minimum absolute atomic E-state index is 0.0398. The van der Waals surface area contributed by atoms with E-state index in [4.69, 9.17) is 34.7 Å². The van der Waals surface area contributed by atoms with Crippen molar-refractivity contribution in [1.82, 2.24) is 9.55 Å². The summed E-state index contributed by atoms with van der Waals surface area (Å²) in [4.78, 5) is 20.0. The Balaban J connectivity index is 1.44. The number of rotatable bonds is 2.